The number of rotatable bonds is 7. The molecule has 5 atom stereocenters. The molecule has 13 heteroatoms. The average Bonchev–Trinajstić information content (AvgIpc) is 2.93. The van der Waals surface area contributed by atoms with Gasteiger partial charge in [-0.05, 0) is 76.4 Å². The summed E-state index contributed by atoms with van der Waals surface area (Å²) in [5.74, 6) is -0.867. The van der Waals surface area contributed by atoms with Gasteiger partial charge in [0.05, 0.1) is 23.4 Å². The Kier molecular flexibility index (Phi) is 10.7. The Balaban J connectivity index is 1.19. The Morgan fingerprint density at radius 2 is 1.70 bits per heavy atom. The fraction of sp³-hybridized carbons (Fsp3) is 0.933. The van der Waals surface area contributed by atoms with E-state index in [9.17, 15) is 22.4 Å². The zero-order valence-electron chi connectivity index (χ0n) is 25.8. The average molecular weight is 628 g/mol. The molecular weight excluding hydrogens is 573 g/mol. The molecule has 4 aliphatic heterocycles. The molecule has 2 amide bonds. The first-order chi connectivity index (χ1) is 20.5. The van der Waals surface area contributed by atoms with Crippen molar-refractivity contribution in [2.24, 2.45) is 28.7 Å². The largest absolute Gasteiger partial charge is 0.350 e. The van der Waals surface area contributed by atoms with Gasteiger partial charge < -0.3 is 32.3 Å². The van der Waals surface area contributed by atoms with Gasteiger partial charge in [0, 0.05) is 50.4 Å². The maximum Gasteiger partial charge on any atom is 0.227 e. The molecular formula is C30H54FN7O4S. The summed E-state index contributed by atoms with van der Waals surface area (Å²) in [7, 11) is -3.11. The van der Waals surface area contributed by atoms with Crippen molar-refractivity contribution < 1.29 is 22.4 Å². The fourth-order valence-corrected chi connectivity index (χ4v) is 9.36. The highest BCUT2D eigenvalue weighted by Gasteiger charge is 2.44. The van der Waals surface area contributed by atoms with Crippen molar-refractivity contribution in [3.63, 3.8) is 0 Å². The molecule has 0 aromatic rings. The number of halogens is 1. The molecule has 43 heavy (non-hydrogen) atoms. The third kappa shape index (κ3) is 7.89. The molecule has 5 fully saturated rings. The number of nitrogens with one attached hydrogen (secondary N) is 3. The van der Waals surface area contributed by atoms with E-state index in [1.165, 1.54) is 12.7 Å². The number of nitrogens with zero attached hydrogens (tertiary/aromatic N) is 2. The Morgan fingerprint density at radius 1 is 1.00 bits per heavy atom. The number of likely N-dealkylation sites (tertiary alicyclic amines) is 2. The van der Waals surface area contributed by atoms with Crippen LogP contribution in [0.25, 0.3) is 0 Å². The molecule has 0 radical (unpaired) electrons. The molecule has 246 valence electrons. The van der Waals surface area contributed by atoms with Crippen molar-refractivity contribution in [3.05, 3.63) is 0 Å². The van der Waals surface area contributed by atoms with Crippen LogP contribution in [0.3, 0.4) is 0 Å². The molecule has 1 aliphatic carbocycles. The van der Waals surface area contributed by atoms with Crippen molar-refractivity contribution in [3.8, 4) is 0 Å². The number of piperidine rings is 2. The van der Waals surface area contributed by atoms with E-state index in [1.54, 1.807) is 4.90 Å². The van der Waals surface area contributed by atoms with Crippen molar-refractivity contribution in [1.29, 1.82) is 0 Å². The molecule has 4 saturated heterocycles. The Hall–Kier alpha value is -1.38. The number of hydrogen-bond donors (Lipinski definition) is 5. The van der Waals surface area contributed by atoms with Crippen molar-refractivity contribution in [2.45, 2.75) is 106 Å². The summed E-state index contributed by atoms with van der Waals surface area (Å²) in [6, 6.07) is -0.288. The van der Waals surface area contributed by atoms with Gasteiger partial charge in [0.15, 0.2) is 9.84 Å². The van der Waals surface area contributed by atoms with Crippen LogP contribution in [0.1, 0.15) is 70.6 Å². The number of amides is 2. The van der Waals surface area contributed by atoms with Crippen LogP contribution in [0, 0.1) is 17.3 Å². The lowest BCUT2D eigenvalue weighted by molar-refractivity contribution is -0.140. The molecule has 7 N–H and O–H groups in total. The SMILES string of the molecule is CS(=O)(=O)C1CN(C(=O)C2CCN(C3CCNCC3NC(=O)C(C(N)N)C3CC4(CCCCC4)CCC(F)CN3)CC2)C1. The highest BCUT2D eigenvalue weighted by atomic mass is 32.2. The normalized spacial score (nSPS) is 32.5. The third-order valence-corrected chi connectivity index (χ3v) is 12.7. The van der Waals surface area contributed by atoms with E-state index in [1.807, 2.05) is 0 Å². The highest BCUT2D eigenvalue weighted by Crippen LogP contribution is 2.46. The fourth-order valence-electron chi connectivity index (χ4n) is 8.45. The minimum Gasteiger partial charge on any atom is -0.350 e. The van der Waals surface area contributed by atoms with Crippen LogP contribution in [0.4, 0.5) is 4.39 Å². The highest BCUT2D eigenvalue weighted by molar-refractivity contribution is 7.91. The van der Waals surface area contributed by atoms with Gasteiger partial charge in [-0.25, -0.2) is 12.8 Å². The summed E-state index contributed by atoms with van der Waals surface area (Å²) in [4.78, 5) is 31.0. The van der Waals surface area contributed by atoms with E-state index in [0.717, 1.165) is 77.4 Å². The second kappa shape index (κ2) is 13.9. The summed E-state index contributed by atoms with van der Waals surface area (Å²) in [6.45, 7) is 3.80. The molecule has 1 spiro atoms. The zero-order chi connectivity index (χ0) is 30.8. The zero-order valence-corrected chi connectivity index (χ0v) is 26.6. The van der Waals surface area contributed by atoms with Crippen molar-refractivity contribution >= 4 is 21.7 Å². The van der Waals surface area contributed by atoms with Crippen LogP contribution in [0.15, 0.2) is 0 Å². The van der Waals surface area contributed by atoms with Gasteiger partial charge in [-0.1, -0.05) is 19.3 Å². The van der Waals surface area contributed by atoms with Gasteiger partial charge in [0.1, 0.15) is 6.17 Å². The Bertz CT molecular complexity index is 1070. The lowest BCUT2D eigenvalue weighted by Crippen LogP contribution is -2.65. The van der Waals surface area contributed by atoms with E-state index < -0.39 is 33.3 Å². The molecule has 0 aromatic heterocycles. The smallest absolute Gasteiger partial charge is 0.227 e. The van der Waals surface area contributed by atoms with E-state index in [-0.39, 0.29) is 47.8 Å². The molecule has 5 rings (SSSR count). The van der Waals surface area contributed by atoms with Crippen LogP contribution in [-0.2, 0) is 19.4 Å². The number of alkyl halides is 1. The molecule has 5 unspecified atom stereocenters. The van der Waals surface area contributed by atoms with Crippen LogP contribution in [-0.4, -0.2) is 118 Å². The summed E-state index contributed by atoms with van der Waals surface area (Å²) < 4.78 is 38.3. The van der Waals surface area contributed by atoms with Gasteiger partial charge in [-0.15, -0.1) is 0 Å². The van der Waals surface area contributed by atoms with E-state index in [0.29, 0.717) is 26.1 Å². The van der Waals surface area contributed by atoms with Crippen LogP contribution in [0.5, 0.6) is 0 Å². The van der Waals surface area contributed by atoms with E-state index in [2.05, 4.69) is 20.9 Å². The van der Waals surface area contributed by atoms with E-state index >= 15 is 0 Å². The second-order valence-corrected chi connectivity index (χ2v) is 16.5. The monoisotopic (exact) mass is 627 g/mol. The lowest BCUT2D eigenvalue weighted by Gasteiger charge is -2.46. The van der Waals surface area contributed by atoms with Crippen LogP contribution < -0.4 is 27.4 Å². The van der Waals surface area contributed by atoms with Gasteiger partial charge in [-0.2, -0.15) is 0 Å². The minimum atomic E-state index is -3.11. The Morgan fingerprint density at radius 3 is 2.35 bits per heavy atom. The van der Waals surface area contributed by atoms with Gasteiger partial charge >= 0.3 is 0 Å². The number of carbonyl (C=O) groups is 2. The lowest BCUT2D eigenvalue weighted by atomic mass is 9.65. The van der Waals surface area contributed by atoms with Gasteiger partial charge in [-0.3, -0.25) is 14.5 Å². The van der Waals surface area contributed by atoms with Crippen LogP contribution >= 0.6 is 0 Å². The summed E-state index contributed by atoms with van der Waals surface area (Å²) in [6.07, 6.45) is 9.57. The maximum absolute atomic E-state index is 14.8. The molecule has 0 bridgehead atoms. The van der Waals surface area contributed by atoms with Crippen molar-refractivity contribution in [2.75, 3.05) is 52.1 Å². The first-order valence-corrected chi connectivity index (χ1v) is 18.5. The number of carbonyl (C=O) groups excluding carboxylic acids is 2. The minimum absolute atomic E-state index is 0.0343. The predicted octanol–water partition coefficient (Wildman–Crippen LogP) is 0.0909. The number of hydrogen-bond acceptors (Lipinski definition) is 9. The van der Waals surface area contributed by atoms with Crippen LogP contribution in [0.2, 0.25) is 0 Å². The molecule has 11 nitrogen and oxygen atoms in total. The third-order valence-electron chi connectivity index (χ3n) is 11.2. The number of nitrogens with two attached hydrogens (primary N) is 2. The van der Waals surface area contributed by atoms with Gasteiger partial charge in [0.2, 0.25) is 11.8 Å². The standard InChI is InChI=1S/C30H54FN7O4S/c1-43(41,42)22-18-38(19-22)29(40)20-7-13-37(14-8-20)25-6-12-34-17-24(25)36-28(39)26(27(32)33)23-15-30(9-3-2-4-10-30)11-5-21(31)16-35-23/h20-27,34-35H,2-19,32-33H2,1H3,(H,36,39). The topological polar surface area (TPSA) is 163 Å². The molecule has 4 heterocycles. The summed E-state index contributed by atoms with van der Waals surface area (Å²) >= 11 is 0. The maximum atomic E-state index is 14.8. The molecule has 1 saturated carbocycles. The van der Waals surface area contributed by atoms with E-state index in [4.69, 9.17) is 11.5 Å². The number of sulfone groups is 1. The second-order valence-electron chi connectivity index (χ2n) is 14.2. The Labute approximate surface area is 256 Å². The molecule has 0 aromatic carbocycles. The molecule has 5 aliphatic rings. The predicted molar refractivity (Wildman–Crippen MR) is 164 cm³/mol. The quantitative estimate of drug-likeness (QED) is 0.246. The summed E-state index contributed by atoms with van der Waals surface area (Å²) in [5.41, 5.74) is 12.6. The summed E-state index contributed by atoms with van der Waals surface area (Å²) in [5, 5.41) is 9.66. The first kappa shape index (κ1) is 33.0. The van der Waals surface area contributed by atoms with Crippen molar-refractivity contribution in [1.82, 2.24) is 25.8 Å². The van der Waals surface area contributed by atoms with Gasteiger partial charge in [0.25, 0.3) is 0 Å². The first-order valence-electron chi connectivity index (χ1n) is 16.6.